The topological polar surface area (TPSA) is 72.8 Å². The summed E-state index contributed by atoms with van der Waals surface area (Å²) in [5, 5.41) is 9.36. The van der Waals surface area contributed by atoms with Gasteiger partial charge in [0.25, 0.3) is 0 Å². The number of rotatable bonds is 6. The number of carbonyl (C=O) groups excluding carboxylic acids is 2. The average molecular weight is 236 g/mol. The molecule has 0 unspecified atom stereocenters. The zero-order valence-corrected chi connectivity index (χ0v) is 9.09. The number of aldehydes is 1. The van der Waals surface area contributed by atoms with Crippen LogP contribution < -0.4 is 4.74 Å². The van der Waals surface area contributed by atoms with Gasteiger partial charge in [-0.25, -0.2) is 4.79 Å². The Bertz CT molecular complexity index is 425. The highest BCUT2D eigenvalue weighted by Crippen LogP contribution is 2.21. The van der Waals surface area contributed by atoms with E-state index in [-0.39, 0.29) is 30.3 Å². The van der Waals surface area contributed by atoms with Crippen LogP contribution in [0, 0.1) is 0 Å². The smallest absolute Gasteiger partial charge is 0.344 e. The van der Waals surface area contributed by atoms with E-state index in [1.807, 2.05) is 0 Å². The molecular weight excluding hydrogens is 224 g/mol. The van der Waals surface area contributed by atoms with E-state index < -0.39 is 5.97 Å². The number of hydrogen-bond donors (Lipinski definition) is 1. The van der Waals surface area contributed by atoms with Crippen LogP contribution in [0.25, 0.3) is 0 Å². The molecule has 0 aliphatic heterocycles. The average Bonchev–Trinajstić information content (AvgIpc) is 2.34. The molecule has 1 N–H and O–H groups in total. The van der Waals surface area contributed by atoms with E-state index in [1.165, 1.54) is 24.3 Å². The second kappa shape index (κ2) is 6.32. The normalized spacial score (nSPS) is 9.41. The first-order valence-corrected chi connectivity index (χ1v) is 4.85. The second-order valence-electron chi connectivity index (χ2n) is 3.10. The van der Waals surface area contributed by atoms with Gasteiger partial charge in [0.15, 0.2) is 12.9 Å². The second-order valence-corrected chi connectivity index (χ2v) is 3.10. The molecule has 0 saturated carbocycles. The maximum Gasteiger partial charge on any atom is 0.344 e. The standard InChI is InChI=1S/C12H12O5/c1-2-5-16-12(15)8-17-10-4-3-9(7-13)11(14)6-10/h2-4,6-7,14H,1,5,8H2. The van der Waals surface area contributed by atoms with Crippen LogP contribution in [0.5, 0.6) is 11.5 Å². The maximum atomic E-state index is 11.1. The van der Waals surface area contributed by atoms with Gasteiger partial charge in [-0.1, -0.05) is 12.7 Å². The number of phenolic OH excluding ortho intramolecular Hbond substituents is 1. The lowest BCUT2D eigenvalue weighted by molar-refractivity contribution is -0.144. The Morgan fingerprint density at radius 1 is 1.47 bits per heavy atom. The Labute approximate surface area is 98.3 Å². The predicted molar refractivity (Wildman–Crippen MR) is 60.1 cm³/mol. The summed E-state index contributed by atoms with van der Waals surface area (Å²) in [6.07, 6.45) is 1.97. The van der Waals surface area contributed by atoms with Gasteiger partial charge in [-0.2, -0.15) is 0 Å². The molecule has 0 radical (unpaired) electrons. The molecule has 1 aromatic rings. The molecule has 0 aromatic heterocycles. The lowest BCUT2D eigenvalue weighted by Crippen LogP contribution is -2.14. The first-order valence-electron chi connectivity index (χ1n) is 4.85. The van der Waals surface area contributed by atoms with Crippen molar-refractivity contribution in [3.63, 3.8) is 0 Å². The SMILES string of the molecule is C=CCOC(=O)COc1ccc(C=O)c(O)c1. The lowest BCUT2D eigenvalue weighted by Gasteiger charge is -2.06. The molecule has 0 spiro atoms. The summed E-state index contributed by atoms with van der Waals surface area (Å²) in [5.74, 6) is -0.454. The molecule has 5 heteroatoms. The molecule has 0 aliphatic carbocycles. The Morgan fingerprint density at radius 2 is 2.24 bits per heavy atom. The van der Waals surface area contributed by atoms with Crippen molar-refractivity contribution in [3.8, 4) is 11.5 Å². The molecular formula is C12H12O5. The molecule has 1 aromatic carbocycles. The van der Waals surface area contributed by atoms with E-state index in [0.29, 0.717) is 6.29 Å². The summed E-state index contributed by atoms with van der Waals surface area (Å²) >= 11 is 0. The minimum Gasteiger partial charge on any atom is -0.507 e. The third kappa shape index (κ3) is 3.98. The fourth-order valence-electron chi connectivity index (χ4n) is 1.05. The number of esters is 1. The summed E-state index contributed by atoms with van der Waals surface area (Å²) in [7, 11) is 0. The van der Waals surface area contributed by atoms with Crippen molar-refractivity contribution in [2.75, 3.05) is 13.2 Å². The maximum absolute atomic E-state index is 11.1. The first kappa shape index (κ1) is 12.8. The molecule has 5 nitrogen and oxygen atoms in total. The van der Waals surface area contributed by atoms with Crippen LogP contribution in [-0.2, 0) is 9.53 Å². The number of benzene rings is 1. The molecule has 17 heavy (non-hydrogen) atoms. The van der Waals surface area contributed by atoms with Crippen LogP contribution in [-0.4, -0.2) is 30.6 Å². The van der Waals surface area contributed by atoms with Crippen LogP contribution in [0.3, 0.4) is 0 Å². The summed E-state index contributed by atoms with van der Waals surface area (Å²) in [5.41, 5.74) is 0.159. The van der Waals surface area contributed by atoms with Gasteiger partial charge in [-0.15, -0.1) is 0 Å². The number of phenols is 1. The van der Waals surface area contributed by atoms with Crippen molar-refractivity contribution in [2.24, 2.45) is 0 Å². The lowest BCUT2D eigenvalue weighted by atomic mass is 10.2. The first-order chi connectivity index (χ1) is 8.17. The van der Waals surface area contributed by atoms with Crippen molar-refractivity contribution in [1.29, 1.82) is 0 Å². The molecule has 0 fully saturated rings. The highest BCUT2D eigenvalue weighted by molar-refractivity contribution is 5.79. The Hall–Kier alpha value is -2.30. The molecule has 0 aliphatic rings. The van der Waals surface area contributed by atoms with Crippen LogP contribution in [0.15, 0.2) is 30.9 Å². The Kier molecular flexibility index (Phi) is 4.75. The fraction of sp³-hybridized carbons (Fsp3) is 0.167. The van der Waals surface area contributed by atoms with E-state index in [2.05, 4.69) is 11.3 Å². The van der Waals surface area contributed by atoms with Gasteiger partial charge in [0.2, 0.25) is 0 Å². The molecule has 0 bridgehead atoms. The van der Waals surface area contributed by atoms with Crippen molar-refractivity contribution >= 4 is 12.3 Å². The predicted octanol–water partition coefficient (Wildman–Crippen LogP) is 1.31. The summed E-state index contributed by atoms with van der Waals surface area (Å²) < 4.78 is 9.75. The molecule has 0 saturated heterocycles. The van der Waals surface area contributed by atoms with E-state index in [4.69, 9.17) is 4.74 Å². The van der Waals surface area contributed by atoms with Crippen molar-refractivity contribution < 1.29 is 24.2 Å². The minimum atomic E-state index is -0.538. The number of carbonyl (C=O) groups is 2. The van der Waals surface area contributed by atoms with Gasteiger partial charge < -0.3 is 14.6 Å². The third-order valence-electron chi connectivity index (χ3n) is 1.85. The van der Waals surface area contributed by atoms with Crippen molar-refractivity contribution in [2.45, 2.75) is 0 Å². The van der Waals surface area contributed by atoms with Crippen LogP contribution in [0.2, 0.25) is 0 Å². The summed E-state index contributed by atoms with van der Waals surface area (Å²) in [6.45, 7) is 3.25. The zero-order valence-electron chi connectivity index (χ0n) is 9.09. The minimum absolute atomic E-state index is 0.123. The Morgan fingerprint density at radius 3 is 2.82 bits per heavy atom. The van der Waals surface area contributed by atoms with Crippen molar-refractivity contribution in [1.82, 2.24) is 0 Å². The molecule has 90 valence electrons. The third-order valence-corrected chi connectivity index (χ3v) is 1.85. The molecule has 0 atom stereocenters. The van der Waals surface area contributed by atoms with Gasteiger partial charge in [0.1, 0.15) is 18.1 Å². The number of ether oxygens (including phenoxy) is 2. The fourth-order valence-corrected chi connectivity index (χ4v) is 1.05. The molecule has 0 heterocycles. The van der Waals surface area contributed by atoms with Crippen LogP contribution in [0.4, 0.5) is 0 Å². The van der Waals surface area contributed by atoms with E-state index in [1.54, 1.807) is 0 Å². The summed E-state index contributed by atoms with van der Waals surface area (Å²) in [4.78, 5) is 21.5. The van der Waals surface area contributed by atoms with Gasteiger partial charge in [-0.05, 0) is 12.1 Å². The molecule has 0 amide bonds. The highest BCUT2D eigenvalue weighted by Gasteiger charge is 2.05. The number of hydrogen-bond acceptors (Lipinski definition) is 5. The van der Waals surface area contributed by atoms with E-state index in [9.17, 15) is 14.7 Å². The van der Waals surface area contributed by atoms with Gasteiger partial charge in [-0.3, -0.25) is 4.79 Å². The van der Waals surface area contributed by atoms with E-state index >= 15 is 0 Å². The van der Waals surface area contributed by atoms with Gasteiger partial charge >= 0.3 is 5.97 Å². The monoisotopic (exact) mass is 236 g/mol. The highest BCUT2D eigenvalue weighted by atomic mass is 16.6. The van der Waals surface area contributed by atoms with Crippen molar-refractivity contribution in [3.05, 3.63) is 36.4 Å². The van der Waals surface area contributed by atoms with Crippen LogP contribution in [0.1, 0.15) is 10.4 Å². The van der Waals surface area contributed by atoms with Crippen LogP contribution >= 0.6 is 0 Å². The quantitative estimate of drug-likeness (QED) is 0.458. The van der Waals surface area contributed by atoms with E-state index in [0.717, 1.165) is 0 Å². The largest absolute Gasteiger partial charge is 0.507 e. The number of aromatic hydroxyl groups is 1. The Balaban J connectivity index is 2.52. The zero-order chi connectivity index (χ0) is 12.7. The van der Waals surface area contributed by atoms with Gasteiger partial charge in [0.05, 0.1) is 5.56 Å². The molecule has 1 rings (SSSR count). The summed E-state index contributed by atoms with van der Waals surface area (Å²) in [6, 6.07) is 4.13. The van der Waals surface area contributed by atoms with Gasteiger partial charge in [0, 0.05) is 6.07 Å².